The number of fused-ring (bicyclic) bond motifs is 1. The molecule has 4 rings (SSSR count). The van der Waals surface area contributed by atoms with Crippen molar-refractivity contribution in [3.05, 3.63) is 18.1 Å². The summed E-state index contributed by atoms with van der Waals surface area (Å²) in [7, 11) is 0. The fourth-order valence-corrected chi connectivity index (χ4v) is 4.41. The van der Waals surface area contributed by atoms with Gasteiger partial charge >= 0.3 is 0 Å². The first-order valence-electron chi connectivity index (χ1n) is 9.58. The van der Waals surface area contributed by atoms with Gasteiger partial charge < -0.3 is 9.64 Å². The van der Waals surface area contributed by atoms with Crippen LogP contribution in [0.25, 0.3) is 0 Å². The average molecular weight is 385 g/mol. The molecule has 1 saturated carbocycles. The van der Waals surface area contributed by atoms with Crippen LogP contribution in [-0.2, 0) is 4.74 Å². The van der Waals surface area contributed by atoms with Gasteiger partial charge in [0, 0.05) is 31.0 Å². The number of ether oxygens (including phenoxy) is 1. The first kappa shape index (κ1) is 18.9. The fraction of sp³-hybridized carbons (Fsp3) is 0.778. The van der Waals surface area contributed by atoms with Gasteiger partial charge in [-0.05, 0) is 26.7 Å². The summed E-state index contributed by atoms with van der Waals surface area (Å²) >= 11 is 0. The molecule has 0 aromatic carbocycles. The number of nitrogens with one attached hydrogen (secondary N) is 2. The minimum atomic E-state index is -2.68. The topological polar surface area (TPSA) is 62.3 Å². The van der Waals surface area contributed by atoms with Crippen molar-refractivity contribution >= 4 is 5.82 Å². The number of rotatable bonds is 4. The molecule has 1 aliphatic carbocycles. The number of hydrogen-bond donors (Lipinski definition) is 2. The quantitative estimate of drug-likeness (QED) is 0.830. The molecule has 0 spiro atoms. The van der Waals surface area contributed by atoms with Crippen LogP contribution in [0.5, 0.6) is 0 Å². The van der Waals surface area contributed by atoms with Crippen molar-refractivity contribution in [2.75, 3.05) is 18.0 Å². The van der Waals surface area contributed by atoms with Crippen LogP contribution in [0, 0.1) is 5.92 Å². The molecule has 0 radical (unpaired) electrons. The van der Waals surface area contributed by atoms with Gasteiger partial charge in [0.1, 0.15) is 18.3 Å². The van der Waals surface area contributed by atoms with Crippen LogP contribution in [0.4, 0.5) is 19.0 Å². The van der Waals surface area contributed by atoms with Gasteiger partial charge in [-0.2, -0.15) is 0 Å². The Bertz CT molecular complexity index is 676. The maximum absolute atomic E-state index is 14.4. The molecular weight excluding hydrogens is 359 g/mol. The molecule has 0 amide bonds. The maximum atomic E-state index is 14.4. The van der Waals surface area contributed by atoms with E-state index in [1.54, 1.807) is 11.0 Å². The minimum absolute atomic E-state index is 0.00783. The van der Waals surface area contributed by atoms with E-state index in [1.807, 2.05) is 13.8 Å². The molecule has 27 heavy (non-hydrogen) atoms. The van der Waals surface area contributed by atoms with E-state index in [9.17, 15) is 13.2 Å². The Hall–Kier alpha value is -1.45. The molecule has 2 N–H and O–H groups in total. The van der Waals surface area contributed by atoms with Crippen molar-refractivity contribution < 1.29 is 17.9 Å². The molecule has 9 heteroatoms. The number of hydrazine groups is 1. The molecule has 6 nitrogen and oxygen atoms in total. The zero-order valence-corrected chi connectivity index (χ0v) is 15.5. The monoisotopic (exact) mass is 385 g/mol. The normalized spacial score (nSPS) is 35.6. The van der Waals surface area contributed by atoms with Gasteiger partial charge in [0.15, 0.2) is 0 Å². The van der Waals surface area contributed by atoms with E-state index < -0.39 is 18.2 Å². The molecule has 1 aromatic heterocycles. The minimum Gasteiger partial charge on any atom is -0.373 e. The Balaban J connectivity index is 1.51. The van der Waals surface area contributed by atoms with Gasteiger partial charge in [0.2, 0.25) is 0 Å². The van der Waals surface area contributed by atoms with Crippen molar-refractivity contribution in [2.24, 2.45) is 5.92 Å². The summed E-state index contributed by atoms with van der Waals surface area (Å²) in [6.07, 6.45) is 0.736. The molecule has 5 unspecified atom stereocenters. The zero-order valence-electron chi connectivity index (χ0n) is 15.5. The number of anilines is 1. The van der Waals surface area contributed by atoms with Crippen molar-refractivity contribution in [1.82, 2.24) is 20.8 Å². The number of halogens is 3. The Morgan fingerprint density at radius 2 is 2.07 bits per heavy atom. The van der Waals surface area contributed by atoms with Gasteiger partial charge in [0.05, 0.1) is 30.5 Å². The lowest BCUT2D eigenvalue weighted by Gasteiger charge is -2.36. The smallest absolute Gasteiger partial charge is 0.266 e. The second-order valence-corrected chi connectivity index (χ2v) is 8.08. The predicted molar refractivity (Wildman–Crippen MR) is 94.2 cm³/mol. The van der Waals surface area contributed by atoms with E-state index in [0.29, 0.717) is 18.7 Å². The van der Waals surface area contributed by atoms with E-state index in [0.717, 1.165) is 5.69 Å². The van der Waals surface area contributed by atoms with Gasteiger partial charge in [0.25, 0.3) is 5.92 Å². The van der Waals surface area contributed by atoms with Crippen LogP contribution in [0.3, 0.4) is 0 Å². The first-order chi connectivity index (χ1) is 12.8. The highest BCUT2D eigenvalue weighted by molar-refractivity contribution is 5.41. The summed E-state index contributed by atoms with van der Waals surface area (Å²) in [4.78, 5) is 10.1. The summed E-state index contributed by atoms with van der Waals surface area (Å²) in [5.41, 5.74) is 7.12. The average Bonchev–Trinajstić information content (AvgIpc) is 3.18. The Morgan fingerprint density at radius 1 is 1.26 bits per heavy atom. The first-order valence-corrected chi connectivity index (χ1v) is 9.58. The van der Waals surface area contributed by atoms with Crippen LogP contribution < -0.4 is 15.8 Å². The Kier molecular flexibility index (Phi) is 5.02. The molecule has 5 atom stereocenters. The molecule has 2 aliphatic heterocycles. The van der Waals surface area contributed by atoms with Crippen molar-refractivity contribution in [3.63, 3.8) is 0 Å². The second kappa shape index (κ2) is 7.18. The third-order valence-electron chi connectivity index (χ3n) is 5.69. The van der Waals surface area contributed by atoms with Gasteiger partial charge in [-0.3, -0.25) is 5.43 Å². The molecule has 150 valence electrons. The number of aromatic nitrogens is 2. The lowest BCUT2D eigenvalue weighted by Crippen LogP contribution is -2.44. The van der Waals surface area contributed by atoms with Crippen LogP contribution in [0.15, 0.2) is 12.4 Å². The van der Waals surface area contributed by atoms with Crippen molar-refractivity contribution in [2.45, 2.75) is 69.5 Å². The third-order valence-corrected chi connectivity index (χ3v) is 5.69. The van der Waals surface area contributed by atoms with E-state index >= 15 is 0 Å². The van der Waals surface area contributed by atoms with Crippen LogP contribution in [0.2, 0.25) is 0 Å². The van der Waals surface area contributed by atoms with Gasteiger partial charge in [-0.25, -0.2) is 28.6 Å². The summed E-state index contributed by atoms with van der Waals surface area (Å²) < 4.78 is 47.3. The SMILES string of the molecule is CC(C)OC1CC2C(CC1F)NNC2c1cc(N2CCC(F)(F)C2)ncn1. The molecule has 1 aromatic rings. The van der Waals surface area contributed by atoms with Crippen molar-refractivity contribution in [1.29, 1.82) is 0 Å². The molecule has 3 aliphatic rings. The predicted octanol–water partition coefficient (Wildman–Crippen LogP) is 2.38. The summed E-state index contributed by atoms with van der Waals surface area (Å²) in [5, 5.41) is 0. The fourth-order valence-electron chi connectivity index (χ4n) is 4.41. The van der Waals surface area contributed by atoms with Crippen molar-refractivity contribution in [3.8, 4) is 0 Å². The largest absolute Gasteiger partial charge is 0.373 e. The maximum Gasteiger partial charge on any atom is 0.266 e. The summed E-state index contributed by atoms with van der Waals surface area (Å²) in [6.45, 7) is 3.77. The Morgan fingerprint density at radius 3 is 2.78 bits per heavy atom. The molecule has 3 heterocycles. The second-order valence-electron chi connectivity index (χ2n) is 8.08. The molecule has 2 saturated heterocycles. The highest BCUT2D eigenvalue weighted by atomic mass is 19.3. The molecular formula is C18H26F3N5O. The standard InChI is InChI=1S/C18H26F3N5O/c1-10(2)27-15-5-11-13(6-12(15)19)24-25-17(11)14-7-16(23-9-22-14)26-4-3-18(20,21)8-26/h7,9-13,15,17,24-25H,3-6,8H2,1-2H3. The van der Waals surface area contributed by atoms with Gasteiger partial charge in [-0.1, -0.05) is 0 Å². The lowest BCUT2D eigenvalue weighted by molar-refractivity contribution is -0.0708. The number of hydrogen-bond acceptors (Lipinski definition) is 6. The van der Waals surface area contributed by atoms with Crippen LogP contribution in [0.1, 0.15) is 44.8 Å². The summed E-state index contributed by atoms with van der Waals surface area (Å²) in [5.74, 6) is -2.05. The third kappa shape index (κ3) is 3.90. The Labute approximate surface area is 156 Å². The van der Waals surface area contributed by atoms with Gasteiger partial charge in [-0.15, -0.1) is 0 Å². The van der Waals surface area contributed by atoms with E-state index in [2.05, 4.69) is 20.8 Å². The lowest BCUT2D eigenvalue weighted by atomic mass is 9.78. The number of alkyl halides is 3. The zero-order chi connectivity index (χ0) is 19.2. The van der Waals surface area contributed by atoms with E-state index in [-0.39, 0.29) is 43.6 Å². The molecule has 0 bridgehead atoms. The van der Waals surface area contributed by atoms with E-state index in [1.165, 1.54) is 6.33 Å². The molecule has 3 fully saturated rings. The van der Waals surface area contributed by atoms with E-state index in [4.69, 9.17) is 4.74 Å². The highest BCUT2D eigenvalue weighted by Crippen LogP contribution is 2.40. The van der Waals surface area contributed by atoms with Crippen LogP contribution >= 0.6 is 0 Å². The number of nitrogens with zero attached hydrogens (tertiary/aromatic N) is 3. The summed E-state index contributed by atoms with van der Waals surface area (Å²) in [6, 6.07) is 1.63. The van der Waals surface area contributed by atoms with Crippen LogP contribution in [-0.4, -0.2) is 53.4 Å². The highest BCUT2D eigenvalue weighted by Gasteiger charge is 2.46.